The highest BCUT2D eigenvalue weighted by molar-refractivity contribution is 5.91. The zero-order valence-corrected chi connectivity index (χ0v) is 14.2. The number of oxazole rings is 1. The van der Waals surface area contributed by atoms with Crippen LogP contribution < -0.4 is 5.32 Å². The second-order valence-electron chi connectivity index (χ2n) is 5.99. The number of benzene rings is 2. The number of aromatic nitrogens is 1. The molecular formula is C20H19FN2O2. The Hall–Kier alpha value is -2.95. The number of aryl methyl sites for hydroxylation is 3. The van der Waals surface area contributed by atoms with Gasteiger partial charge in [0.05, 0.1) is 6.20 Å². The Labute approximate surface area is 145 Å². The van der Waals surface area contributed by atoms with E-state index >= 15 is 0 Å². The molecule has 0 saturated carbocycles. The van der Waals surface area contributed by atoms with Crippen molar-refractivity contribution in [2.45, 2.75) is 26.7 Å². The zero-order chi connectivity index (χ0) is 17.8. The minimum Gasteiger partial charge on any atom is -0.441 e. The van der Waals surface area contributed by atoms with Crippen molar-refractivity contribution in [3.8, 4) is 11.3 Å². The summed E-state index contributed by atoms with van der Waals surface area (Å²) in [7, 11) is 0. The van der Waals surface area contributed by atoms with Gasteiger partial charge >= 0.3 is 0 Å². The Bertz CT molecular complexity index is 885. The summed E-state index contributed by atoms with van der Waals surface area (Å²) < 4.78 is 18.6. The first-order chi connectivity index (χ1) is 12.0. The predicted octanol–water partition coefficient (Wildman–Crippen LogP) is 4.67. The van der Waals surface area contributed by atoms with Gasteiger partial charge in [-0.2, -0.15) is 0 Å². The van der Waals surface area contributed by atoms with E-state index in [0.29, 0.717) is 18.1 Å². The quantitative estimate of drug-likeness (QED) is 0.735. The Kier molecular flexibility index (Phi) is 4.93. The van der Waals surface area contributed by atoms with Gasteiger partial charge < -0.3 is 9.73 Å². The number of amides is 1. The maximum atomic E-state index is 13.0. The van der Waals surface area contributed by atoms with Crippen LogP contribution in [0.15, 0.2) is 53.1 Å². The predicted molar refractivity (Wildman–Crippen MR) is 94.8 cm³/mol. The minimum absolute atomic E-state index is 0.0877. The molecule has 0 aliphatic carbocycles. The Morgan fingerprint density at radius 1 is 1.16 bits per heavy atom. The summed E-state index contributed by atoms with van der Waals surface area (Å²) in [6.45, 7) is 3.94. The number of hydrogen-bond acceptors (Lipinski definition) is 3. The summed E-state index contributed by atoms with van der Waals surface area (Å²) >= 11 is 0. The molecule has 0 bridgehead atoms. The molecule has 0 saturated heterocycles. The summed E-state index contributed by atoms with van der Waals surface area (Å²) in [6, 6.07) is 11.9. The number of carbonyl (C=O) groups excluding carboxylic acids is 1. The van der Waals surface area contributed by atoms with Crippen LogP contribution in [0.1, 0.15) is 23.4 Å². The van der Waals surface area contributed by atoms with E-state index in [0.717, 1.165) is 22.4 Å². The maximum Gasteiger partial charge on any atom is 0.224 e. The molecule has 3 aromatic rings. The molecule has 4 nitrogen and oxygen atoms in total. The van der Waals surface area contributed by atoms with Gasteiger partial charge in [-0.15, -0.1) is 0 Å². The molecule has 0 radical (unpaired) electrons. The van der Waals surface area contributed by atoms with Crippen molar-refractivity contribution in [1.82, 2.24) is 4.98 Å². The summed E-state index contributed by atoms with van der Waals surface area (Å²) in [6.07, 6.45) is 2.26. The van der Waals surface area contributed by atoms with E-state index in [-0.39, 0.29) is 18.1 Å². The lowest BCUT2D eigenvalue weighted by Gasteiger charge is -2.08. The number of carbonyl (C=O) groups is 1. The van der Waals surface area contributed by atoms with E-state index in [1.807, 2.05) is 32.0 Å². The van der Waals surface area contributed by atoms with Gasteiger partial charge in [0.25, 0.3) is 0 Å². The van der Waals surface area contributed by atoms with Crippen LogP contribution in [0.4, 0.5) is 10.1 Å². The molecule has 0 aliphatic heterocycles. The first kappa shape index (κ1) is 16.9. The molecule has 3 rings (SSSR count). The first-order valence-corrected chi connectivity index (χ1v) is 8.09. The fraction of sp³-hybridized carbons (Fsp3) is 0.200. The number of nitrogens with zero attached hydrogens (tertiary/aromatic N) is 1. The molecule has 2 aromatic carbocycles. The summed E-state index contributed by atoms with van der Waals surface area (Å²) in [4.78, 5) is 16.3. The van der Waals surface area contributed by atoms with Crippen LogP contribution in [0.2, 0.25) is 0 Å². The first-order valence-electron chi connectivity index (χ1n) is 8.09. The summed E-state index contributed by atoms with van der Waals surface area (Å²) in [5.41, 5.74) is 3.69. The van der Waals surface area contributed by atoms with Crippen LogP contribution in [-0.2, 0) is 11.2 Å². The SMILES string of the molecule is Cc1ccc(C)c(NC(=O)CCc2ncc(-c3ccc(F)cc3)o2)c1. The van der Waals surface area contributed by atoms with Crippen molar-refractivity contribution in [2.75, 3.05) is 5.32 Å². The smallest absolute Gasteiger partial charge is 0.224 e. The third-order valence-corrected chi connectivity index (χ3v) is 3.92. The number of rotatable bonds is 5. The Morgan fingerprint density at radius 3 is 2.68 bits per heavy atom. The average molecular weight is 338 g/mol. The van der Waals surface area contributed by atoms with Gasteiger partial charge in [0.1, 0.15) is 5.82 Å². The van der Waals surface area contributed by atoms with Crippen LogP contribution in [0.5, 0.6) is 0 Å². The van der Waals surface area contributed by atoms with Crippen LogP contribution in [0.3, 0.4) is 0 Å². The third-order valence-electron chi connectivity index (χ3n) is 3.92. The van der Waals surface area contributed by atoms with Gasteiger partial charge in [0.15, 0.2) is 11.7 Å². The average Bonchev–Trinajstić information content (AvgIpc) is 3.06. The highest BCUT2D eigenvalue weighted by Gasteiger charge is 2.10. The molecule has 1 heterocycles. The van der Waals surface area contributed by atoms with Crippen molar-refractivity contribution in [2.24, 2.45) is 0 Å². The Morgan fingerprint density at radius 2 is 1.92 bits per heavy atom. The highest BCUT2D eigenvalue weighted by Crippen LogP contribution is 2.21. The van der Waals surface area contributed by atoms with E-state index in [1.54, 1.807) is 18.3 Å². The van der Waals surface area contributed by atoms with Gasteiger partial charge in [-0.1, -0.05) is 12.1 Å². The maximum absolute atomic E-state index is 13.0. The molecule has 0 aliphatic rings. The van der Waals surface area contributed by atoms with Gasteiger partial charge in [-0.05, 0) is 55.3 Å². The van der Waals surface area contributed by atoms with Crippen molar-refractivity contribution >= 4 is 11.6 Å². The lowest BCUT2D eigenvalue weighted by molar-refractivity contribution is -0.116. The van der Waals surface area contributed by atoms with E-state index in [9.17, 15) is 9.18 Å². The van der Waals surface area contributed by atoms with Gasteiger partial charge in [0, 0.05) is 24.1 Å². The molecule has 0 spiro atoms. The van der Waals surface area contributed by atoms with Gasteiger partial charge in [-0.25, -0.2) is 9.37 Å². The minimum atomic E-state index is -0.299. The van der Waals surface area contributed by atoms with Crippen LogP contribution in [-0.4, -0.2) is 10.9 Å². The zero-order valence-electron chi connectivity index (χ0n) is 14.2. The fourth-order valence-electron chi connectivity index (χ4n) is 2.48. The standard InChI is InChI=1S/C20H19FN2O2/c1-13-3-4-14(2)17(11-13)23-19(24)9-10-20-22-12-18(25-20)15-5-7-16(21)8-6-15/h3-8,11-12H,9-10H2,1-2H3,(H,23,24). The molecule has 1 N–H and O–H groups in total. The largest absolute Gasteiger partial charge is 0.441 e. The number of halogens is 1. The second-order valence-corrected chi connectivity index (χ2v) is 5.99. The second kappa shape index (κ2) is 7.30. The highest BCUT2D eigenvalue weighted by atomic mass is 19.1. The number of nitrogens with one attached hydrogen (secondary N) is 1. The molecule has 1 amide bonds. The molecular weight excluding hydrogens is 319 g/mol. The number of anilines is 1. The van der Waals surface area contributed by atoms with Crippen LogP contribution in [0.25, 0.3) is 11.3 Å². The monoisotopic (exact) mass is 338 g/mol. The summed E-state index contributed by atoms with van der Waals surface area (Å²) in [5.74, 6) is 0.655. The molecule has 0 atom stereocenters. The molecule has 128 valence electrons. The van der Waals surface area contributed by atoms with Crippen molar-refractivity contribution in [3.63, 3.8) is 0 Å². The number of hydrogen-bond donors (Lipinski definition) is 1. The molecule has 25 heavy (non-hydrogen) atoms. The lowest BCUT2D eigenvalue weighted by atomic mass is 10.1. The lowest BCUT2D eigenvalue weighted by Crippen LogP contribution is -2.13. The topological polar surface area (TPSA) is 55.1 Å². The molecule has 1 aromatic heterocycles. The third kappa shape index (κ3) is 4.32. The van der Waals surface area contributed by atoms with Crippen LogP contribution in [0, 0.1) is 19.7 Å². The summed E-state index contributed by atoms with van der Waals surface area (Å²) in [5, 5.41) is 2.92. The van der Waals surface area contributed by atoms with Gasteiger partial charge in [-0.3, -0.25) is 4.79 Å². The van der Waals surface area contributed by atoms with Crippen molar-refractivity contribution < 1.29 is 13.6 Å². The molecule has 0 unspecified atom stereocenters. The van der Waals surface area contributed by atoms with E-state index < -0.39 is 0 Å². The Balaban J connectivity index is 1.59. The van der Waals surface area contributed by atoms with Crippen molar-refractivity contribution in [1.29, 1.82) is 0 Å². The van der Waals surface area contributed by atoms with E-state index in [2.05, 4.69) is 10.3 Å². The fourth-order valence-corrected chi connectivity index (χ4v) is 2.48. The van der Waals surface area contributed by atoms with E-state index in [4.69, 9.17) is 4.42 Å². The van der Waals surface area contributed by atoms with Gasteiger partial charge in [0.2, 0.25) is 5.91 Å². The normalized spacial score (nSPS) is 10.7. The molecule has 0 fully saturated rings. The van der Waals surface area contributed by atoms with Crippen LogP contribution >= 0.6 is 0 Å². The molecule has 5 heteroatoms. The van der Waals surface area contributed by atoms with Crippen molar-refractivity contribution in [3.05, 3.63) is 71.5 Å². The van der Waals surface area contributed by atoms with E-state index in [1.165, 1.54) is 12.1 Å².